The number of nitrogens with one attached hydrogen (secondary N) is 3. The van der Waals surface area contributed by atoms with Gasteiger partial charge in [-0.05, 0) is 90.8 Å². The highest BCUT2D eigenvalue weighted by molar-refractivity contribution is 5.88. The predicted molar refractivity (Wildman–Crippen MR) is 212 cm³/mol. The third-order valence-corrected chi connectivity index (χ3v) is 12.6. The van der Waals surface area contributed by atoms with E-state index in [-0.39, 0.29) is 41.3 Å². The average Bonchev–Trinajstić information content (AvgIpc) is 3.84. The molecule has 3 amide bonds. The monoisotopic (exact) mass is 749 g/mol. The van der Waals surface area contributed by atoms with Gasteiger partial charge in [0.15, 0.2) is 0 Å². The molecule has 0 unspecified atom stereocenters. The van der Waals surface area contributed by atoms with Crippen molar-refractivity contribution < 1.29 is 19.1 Å². The number of aromatic amines is 2. The Kier molecular flexibility index (Phi) is 8.95. The van der Waals surface area contributed by atoms with E-state index in [1.807, 2.05) is 90.8 Å². The van der Waals surface area contributed by atoms with E-state index in [4.69, 9.17) is 14.7 Å². The normalized spacial score (nSPS) is 22.7. The van der Waals surface area contributed by atoms with Crippen LogP contribution in [0.3, 0.4) is 0 Å². The van der Waals surface area contributed by atoms with Crippen molar-refractivity contribution >= 4 is 28.9 Å². The molecule has 1 spiro atoms. The molecule has 11 heteroatoms. The molecule has 2 aromatic heterocycles. The first-order chi connectivity index (χ1) is 27.1. The van der Waals surface area contributed by atoms with Gasteiger partial charge in [0.2, 0.25) is 5.91 Å². The summed E-state index contributed by atoms with van der Waals surface area (Å²) in [5.74, 6) is 8.97. The number of hydrogen-bond donors (Lipinski definition) is 3. The highest BCUT2D eigenvalue weighted by Crippen LogP contribution is 2.58. The van der Waals surface area contributed by atoms with Gasteiger partial charge in [0, 0.05) is 29.6 Å². The predicted octanol–water partition coefficient (Wildman–Crippen LogP) is 7.46. The quantitative estimate of drug-likeness (QED) is 0.141. The van der Waals surface area contributed by atoms with Gasteiger partial charge in [-0.3, -0.25) is 9.59 Å². The second kappa shape index (κ2) is 14.0. The lowest BCUT2D eigenvalue weighted by Crippen LogP contribution is -2.44. The lowest BCUT2D eigenvalue weighted by molar-refractivity contribution is -0.137. The molecule has 4 fully saturated rings. The van der Waals surface area contributed by atoms with Crippen molar-refractivity contribution in [1.82, 2.24) is 35.1 Å². The van der Waals surface area contributed by atoms with Crippen LogP contribution in [-0.4, -0.2) is 67.3 Å². The summed E-state index contributed by atoms with van der Waals surface area (Å²) in [7, 11) is 1.30. The van der Waals surface area contributed by atoms with E-state index in [0.717, 1.165) is 70.9 Å². The zero-order valence-electron chi connectivity index (χ0n) is 32.2. The number of carbonyl (C=O) groups excluding carboxylic acids is 3. The molecule has 0 bridgehead atoms. The van der Waals surface area contributed by atoms with Crippen molar-refractivity contribution in [3.8, 4) is 23.1 Å². The number of H-pyrrole nitrogens is 2. The Hall–Kier alpha value is -5.89. The molecule has 3 N–H and O–H groups in total. The van der Waals surface area contributed by atoms with Crippen molar-refractivity contribution in [2.75, 3.05) is 13.7 Å². The molecule has 6 atom stereocenters. The van der Waals surface area contributed by atoms with Crippen LogP contribution in [0.4, 0.5) is 4.79 Å². The smallest absolute Gasteiger partial charge is 0.407 e. The van der Waals surface area contributed by atoms with Crippen LogP contribution in [0.1, 0.15) is 99.3 Å². The summed E-state index contributed by atoms with van der Waals surface area (Å²) in [4.78, 5) is 60.6. The van der Waals surface area contributed by atoms with Crippen LogP contribution in [0.2, 0.25) is 0 Å². The highest BCUT2D eigenvalue weighted by atomic mass is 16.5. The average molecular weight is 750 g/mol. The number of benzene rings is 3. The van der Waals surface area contributed by atoms with Crippen LogP contribution in [-0.2, 0) is 14.3 Å². The number of imidazole rings is 2. The number of alkyl carbamates (subject to hydrolysis) is 1. The zero-order valence-corrected chi connectivity index (χ0v) is 32.2. The number of nitrogens with zero attached hydrogens (tertiary/aromatic N) is 4. The van der Waals surface area contributed by atoms with Gasteiger partial charge >= 0.3 is 6.09 Å². The minimum atomic E-state index is -0.861. The molecule has 5 aromatic rings. The Labute approximate surface area is 326 Å². The number of carbonyl (C=O) groups is 3. The lowest BCUT2D eigenvalue weighted by atomic mass is 9.96. The van der Waals surface area contributed by atoms with Gasteiger partial charge in [-0.2, -0.15) is 0 Å². The molecule has 286 valence electrons. The summed E-state index contributed by atoms with van der Waals surface area (Å²) in [5.41, 5.74) is 6.35. The molecule has 0 radical (unpaired) electrons. The number of piperidine rings is 1. The van der Waals surface area contributed by atoms with Crippen molar-refractivity contribution in [3.05, 3.63) is 107 Å². The Balaban J connectivity index is 0.891. The topological polar surface area (TPSA) is 136 Å². The van der Waals surface area contributed by atoms with Crippen LogP contribution < -0.4 is 5.32 Å². The molecular weight excluding hydrogens is 703 g/mol. The fourth-order valence-electron chi connectivity index (χ4n) is 8.69. The Bertz CT molecular complexity index is 2370. The maximum absolute atomic E-state index is 14.1. The maximum atomic E-state index is 14.1. The van der Waals surface area contributed by atoms with Crippen molar-refractivity contribution in [2.45, 2.75) is 77.0 Å². The van der Waals surface area contributed by atoms with Gasteiger partial charge < -0.3 is 29.8 Å². The van der Waals surface area contributed by atoms with E-state index in [1.165, 1.54) is 20.0 Å². The minimum absolute atomic E-state index is 0.0212. The first kappa shape index (κ1) is 35.8. The summed E-state index contributed by atoms with van der Waals surface area (Å²) in [6.07, 6.45) is 6.27. The number of aromatic nitrogens is 4. The van der Waals surface area contributed by atoms with Gasteiger partial charge in [-0.15, -0.1) is 0 Å². The third kappa shape index (κ3) is 6.71. The summed E-state index contributed by atoms with van der Waals surface area (Å²) in [6, 6.07) is 22.4. The van der Waals surface area contributed by atoms with Crippen LogP contribution >= 0.6 is 0 Å². The van der Waals surface area contributed by atoms with E-state index >= 15 is 0 Å². The van der Waals surface area contributed by atoms with E-state index in [0.29, 0.717) is 17.4 Å². The van der Waals surface area contributed by atoms with Crippen LogP contribution in [0.5, 0.6) is 0 Å². The first-order valence-electron chi connectivity index (χ1n) is 19.8. The summed E-state index contributed by atoms with van der Waals surface area (Å²) in [5, 5.41) is 2.75. The molecule has 3 aromatic carbocycles. The molecule has 2 aliphatic carbocycles. The molecule has 2 saturated carbocycles. The van der Waals surface area contributed by atoms with Gasteiger partial charge in [0.05, 0.1) is 42.1 Å². The lowest BCUT2D eigenvalue weighted by Gasteiger charge is -2.30. The van der Waals surface area contributed by atoms with Crippen LogP contribution in [0.25, 0.3) is 22.3 Å². The number of ether oxygens (including phenoxy) is 1. The SMILES string of the molecule is COC(=O)N[C@@H](C(=O)N1[C@@H]2C[C@@H]2C[C@H]1c1ncc(-c2ccc(C#Cc3ccc4nc([C@@H]5CC6(CC6)CN5C(=O)[C@@H](C)C(C)C)[nH]c4c3)cc2)[nH]1)c1ccccc1. The fraction of sp³-hybridized carbons (Fsp3) is 0.400. The first-order valence-corrected chi connectivity index (χ1v) is 19.8. The highest BCUT2D eigenvalue weighted by Gasteiger charge is 2.57. The Morgan fingerprint density at radius 3 is 2.38 bits per heavy atom. The Morgan fingerprint density at radius 1 is 0.893 bits per heavy atom. The number of fused-ring (bicyclic) bond motifs is 2. The molecule has 4 aliphatic rings. The van der Waals surface area contributed by atoms with Crippen LogP contribution in [0.15, 0.2) is 79.0 Å². The molecule has 56 heavy (non-hydrogen) atoms. The zero-order chi connectivity index (χ0) is 38.7. The van der Waals surface area contributed by atoms with Gasteiger partial charge in [-0.1, -0.05) is 75.1 Å². The number of amides is 3. The molecule has 9 rings (SSSR count). The van der Waals surface area contributed by atoms with Gasteiger partial charge in [0.25, 0.3) is 5.91 Å². The van der Waals surface area contributed by atoms with Crippen LogP contribution in [0, 0.1) is 35.0 Å². The minimum Gasteiger partial charge on any atom is -0.453 e. The number of rotatable bonds is 8. The number of hydrogen-bond acceptors (Lipinski definition) is 6. The Morgan fingerprint density at radius 2 is 1.64 bits per heavy atom. The van der Waals surface area contributed by atoms with E-state index in [9.17, 15) is 14.4 Å². The van der Waals surface area contributed by atoms with E-state index in [1.54, 1.807) is 0 Å². The van der Waals surface area contributed by atoms with Gasteiger partial charge in [-0.25, -0.2) is 14.8 Å². The number of likely N-dealkylation sites (tertiary alicyclic amines) is 2. The maximum Gasteiger partial charge on any atom is 0.407 e. The largest absolute Gasteiger partial charge is 0.453 e. The van der Waals surface area contributed by atoms with Crippen molar-refractivity contribution in [1.29, 1.82) is 0 Å². The standard InChI is InChI=1S/C45H47N7O4/c1-26(2)27(3)42(53)51-25-45(18-19-45)23-38(51)41-47-33-17-14-29(20-34(33)48-41)11-10-28-12-15-30(16-13-28)35-24-46-40(49-35)37-22-32-21-36(32)52(37)43(54)39(50-44(55)56-4)31-8-6-5-7-9-31/h5-9,12-17,20,24,26-27,32,36-39H,18-19,21-23,25H2,1-4H3,(H,46,49)(H,47,48)(H,50,55)/t27-,32+,36+,37-,38-,39+/m0/s1. The number of methoxy groups -OCH3 is 1. The summed E-state index contributed by atoms with van der Waals surface area (Å²) >= 11 is 0. The second-order valence-electron chi connectivity index (χ2n) is 16.6. The third-order valence-electron chi connectivity index (χ3n) is 12.6. The molecule has 2 saturated heterocycles. The fourth-order valence-corrected chi connectivity index (χ4v) is 8.69. The molecule has 2 aliphatic heterocycles. The van der Waals surface area contributed by atoms with E-state index in [2.05, 4.69) is 45.9 Å². The van der Waals surface area contributed by atoms with E-state index < -0.39 is 12.1 Å². The van der Waals surface area contributed by atoms with Crippen molar-refractivity contribution in [3.63, 3.8) is 0 Å². The summed E-state index contributed by atoms with van der Waals surface area (Å²) < 4.78 is 4.86. The van der Waals surface area contributed by atoms with Crippen molar-refractivity contribution in [2.24, 2.45) is 23.2 Å². The molecular formula is C45H47N7O4. The second-order valence-corrected chi connectivity index (χ2v) is 16.6. The molecule has 4 heterocycles. The van der Waals surface area contributed by atoms with Gasteiger partial charge in [0.1, 0.15) is 17.7 Å². The molecule has 11 nitrogen and oxygen atoms in total. The summed E-state index contributed by atoms with van der Waals surface area (Å²) in [6.45, 7) is 7.10.